The number of likely N-dealkylation sites (tertiary alicyclic amines) is 1. The maximum Gasteiger partial charge on any atom is 0.410 e. The molecular weight excluding hydrogens is 222 g/mol. The molecule has 1 heterocycles. The summed E-state index contributed by atoms with van der Waals surface area (Å²) in [6.45, 7) is 4.09. The molecule has 1 aliphatic heterocycles. The number of carboxylic acids is 1. The van der Waals surface area contributed by atoms with E-state index in [2.05, 4.69) is 6.58 Å². The van der Waals surface area contributed by atoms with Gasteiger partial charge in [-0.3, -0.25) is 4.90 Å². The number of piperidine rings is 1. The number of hydrogen-bond donors (Lipinski definition) is 1. The Morgan fingerprint density at radius 1 is 1.47 bits per heavy atom. The van der Waals surface area contributed by atoms with Crippen molar-refractivity contribution in [1.29, 1.82) is 0 Å². The van der Waals surface area contributed by atoms with Gasteiger partial charge in [0.25, 0.3) is 0 Å². The topological polar surface area (TPSA) is 66.8 Å². The second kappa shape index (κ2) is 4.77. The minimum Gasteiger partial charge on any atom is -0.480 e. The summed E-state index contributed by atoms with van der Waals surface area (Å²) in [6, 6.07) is -0.717. The van der Waals surface area contributed by atoms with Crippen molar-refractivity contribution >= 4 is 12.1 Å². The highest BCUT2D eigenvalue weighted by Crippen LogP contribution is 2.40. The molecule has 1 amide bonds. The Kier molecular flexibility index (Phi) is 3.36. The third kappa shape index (κ3) is 2.28. The Morgan fingerprint density at radius 2 is 2.24 bits per heavy atom. The minimum absolute atomic E-state index is 0.0857. The molecule has 3 unspecified atom stereocenters. The lowest BCUT2D eigenvalue weighted by Gasteiger charge is -2.36. The molecule has 5 nitrogen and oxygen atoms in total. The first kappa shape index (κ1) is 12.0. The first-order valence-corrected chi connectivity index (χ1v) is 5.90. The van der Waals surface area contributed by atoms with Gasteiger partial charge in [0.05, 0.1) is 0 Å². The van der Waals surface area contributed by atoms with E-state index in [9.17, 15) is 14.7 Å². The molecule has 2 fully saturated rings. The van der Waals surface area contributed by atoms with Crippen molar-refractivity contribution in [3.63, 3.8) is 0 Å². The van der Waals surface area contributed by atoms with E-state index in [1.54, 1.807) is 0 Å². The molecule has 5 heteroatoms. The predicted octanol–water partition coefficient (Wildman–Crippen LogP) is 1.49. The van der Waals surface area contributed by atoms with Crippen LogP contribution < -0.4 is 0 Å². The lowest BCUT2D eigenvalue weighted by atomic mass is 9.91. The maximum atomic E-state index is 11.8. The van der Waals surface area contributed by atoms with Gasteiger partial charge in [0.1, 0.15) is 12.6 Å². The highest BCUT2D eigenvalue weighted by Gasteiger charge is 2.46. The SMILES string of the molecule is C=CCOC(=O)N1CC2CCC(C2)C1C(=O)O. The Morgan fingerprint density at radius 3 is 2.88 bits per heavy atom. The van der Waals surface area contributed by atoms with E-state index in [-0.39, 0.29) is 12.5 Å². The Balaban J connectivity index is 2.10. The monoisotopic (exact) mass is 239 g/mol. The third-order valence-electron chi connectivity index (χ3n) is 3.63. The van der Waals surface area contributed by atoms with Crippen LogP contribution in [0.5, 0.6) is 0 Å². The van der Waals surface area contributed by atoms with Crippen LogP contribution in [0.2, 0.25) is 0 Å². The van der Waals surface area contributed by atoms with Crippen LogP contribution in [-0.2, 0) is 9.53 Å². The summed E-state index contributed by atoms with van der Waals surface area (Å²) in [6.07, 6.45) is 3.77. The minimum atomic E-state index is -0.925. The van der Waals surface area contributed by atoms with Gasteiger partial charge in [0.15, 0.2) is 0 Å². The molecule has 1 saturated heterocycles. The summed E-state index contributed by atoms with van der Waals surface area (Å²) in [5, 5.41) is 9.23. The fourth-order valence-corrected chi connectivity index (χ4v) is 2.95. The van der Waals surface area contributed by atoms with E-state index < -0.39 is 18.1 Å². The summed E-state index contributed by atoms with van der Waals surface area (Å²) in [7, 11) is 0. The molecule has 3 atom stereocenters. The first-order chi connectivity index (χ1) is 8.13. The van der Waals surface area contributed by atoms with E-state index in [1.165, 1.54) is 11.0 Å². The molecule has 1 aliphatic carbocycles. The quantitative estimate of drug-likeness (QED) is 0.758. The number of ether oxygens (including phenoxy) is 1. The smallest absolute Gasteiger partial charge is 0.410 e. The van der Waals surface area contributed by atoms with Crippen molar-refractivity contribution in [2.24, 2.45) is 11.8 Å². The first-order valence-electron chi connectivity index (χ1n) is 5.90. The van der Waals surface area contributed by atoms with Crippen molar-refractivity contribution in [1.82, 2.24) is 4.90 Å². The lowest BCUT2D eigenvalue weighted by molar-refractivity contribution is -0.146. The molecule has 0 radical (unpaired) electrons. The second-order valence-electron chi connectivity index (χ2n) is 4.74. The van der Waals surface area contributed by atoms with Crippen molar-refractivity contribution in [3.8, 4) is 0 Å². The average Bonchev–Trinajstić information content (AvgIpc) is 2.66. The zero-order valence-corrected chi connectivity index (χ0v) is 9.67. The fraction of sp³-hybridized carbons (Fsp3) is 0.667. The van der Waals surface area contributed by atoms with E-state index in [0.717, 1.165) is 19.3 Å². The molecule has 0 spiro atoms. The number of aliphatic carboxylic acids is 1. The third-order valence-corrected chi connectivity index (χ3v) is 3.63. The predicted molar refractivity (Wildman–Crippen MR) is 60.5 cm³/mol. The zero-order chi connectivity index (χ0) is 12.4. The highest BCUT2D eigenvalue weighted by atomic mass is 16.6. The molecule has 2 bridgehead atoms. The molecule has 94 valence electrons. The van der Waals surface area contributed by atoms with Gasteiger partial charge < -0.3 is 9.84 Å². The molecule has 2 aliphatic rings. The Bertz CT molecular complexity index is 341. The largest absolute Gasteiger partial charge is 0.480 e. The normalized spacial score (nSPS) is 31.1. The maximum absolute atomic E-state index is 11.8. The summed E-state index contributed by atoms with van der Waals surface area (Å²) >= 11 is 0. The molecule has 2 rings (SSSR count). The lowest BCUT2D eigenvalue weighted by Crippen LogP contribution is -2.52. The summed E-state index contributed by atoms with van der Waals surface area (Å²) in [5.74, 6) is -0.402. The summed E-state index contributed by atoms with van der Waals surface area (Å²) in [5.41, 5.74) is 0. The van der Waals surface area contributed by atoms with Crippen LogP contribution in [0, 0.1) is 11.8 Å². The van der Waals surface area contributed by atoms with Crippen LogP contribution in [0.4, 0.5) is 4.79 Å². The van der Waals surface area contributed by atoms with Crippen molar-refractivity contribution in [2.45, 2.75) is 25.3 Å². The van der Waals surface area contributed by atoms with E-state index in [4.69, 9.17) is 4.74 Å². The van der Waals surface area contributed by atoms with Gasteiger partial charge in [-0.1, -0.05) is 12.7 Å². The zero-order valence-electron chi connectivity index (χ0n) is 9.67. The Labute approximate surface area is 100 Å². The molecule has 0 aromatic carbocycles. The van der Waals surface area contributed by atoms with Crippen LogP contribution in [0.3, 0.4) is 0 Å². The number of amides is 1. The number of fused-ring (bicyclic) bond motifs is 2. The molecule has 0 aromatic heterocycles. The molecule has 17 heavy (non-hydrogen) atoms. The van der Waals surface area contributed by atoms with Crippen LogP contribution in [0.25, 0.3) is 0 Å². The van der Waals surface area contributed by atoms with Crippen molar-refractivity contribution in [2.75, 3.05) is 13.2 Å². The van der Waals surface area contributed by atoms with Crippen LogP contribution >= 0.6 is 0 Å². The number of carbonyl (C=O) groups is 2. The van der Waals surface area contributed by atoms with E-state index in [0.29, 0.717) is 12.5 Å². The molecule has 1 N–H and O–H groups in total. The van der Waals surface area contributed by atoms with Gasteiger partial charge in [-0.2, -0.15) is 0 Å². The Hall–Kier alpha value is -1.52. The number of carbonyl (C=O) groups excluding carboxylic acids is 1. The van der Waals surface area contributed by atoms with Crippen molar-refractivity contribution < 1.29 is 19.4 Å². The van der Waals surface area contributed by atoms with Gasteiger partial charge in [0, 0.05) is 6.54 Å². The molecular formula is C12H17NO4. The standard InChI is InChI=1S/C12H17NO4/c1-2-5-17-12(16)13-7-8-3-4-9(6-8)10(13)11(14)15/h2,8-10H,1,3-7H2,(H,14,15). The summed E-state index contributed by atoms with van der Waals surface area (Å²) < 4.78 is 4.94. The van der Waals surface area contributed by atoms with Crippen molar-refractivity contribution in [3.05, 3.63) is 12.7 Å². The highest BCUT2D eigenvalue weighted by molar-refractivity contribution is 5.80. The van der Waals surface area contributed by atoms with Gasteiger partial charge >= 0.3 is 12.1 Å². The van der Waals surface area contributed by atoms with E-state index in [1.807, 2.05) is 0 Å². The van der Waals surface area contributed by atoms with Crippen LogP contribution in [0.15, 0.2) is 12.7 Å². The molecule has 1 saturated carbocycles. The van der Waals surface area contributed by atoms with Gasteiger partial charge in [0.2, 0.25) is 0 Å². The van der Waals surface area contributed by atoms with Gasteiger partial charge in [-0.05, 0) is 31.1 Å². The second-order valence-corrected chi connectivity index (χ2v) is 4.74. The van der Waals surface area contributed by atoms with Crippen LogP contribution in [-0.4, -0.2) is 41.3 Å². The number of hydrogen-bond acceptors (Lipinski definition) is 3. The average molecular weight is 239 g/mol. The van der Waals surface area contributed by atoms with Crippen LogP contribution in [0.1, 0.15) is 19.3 Å². The fourth-order valence-electron chi connectivity index (χ4n) is 2.95. The number of carboxylic acid groups (broad SMARTS) is 1. The van der Waals surface area contributed by atoms with Gasteiger partial charge in [-0.25, -0.2) is 9.59 Å². The summed E-state index contributed by atoms with van der Waals surface area (Å²) in [4.78, 5) is 24.4. The van der Waals surface area contributed by atoms with E-state index >= 15 is 0 Å². The molecule has 0 aromatic rings. The number of rotatable bonds is 3. The number of nitrogens with zero attached hydrogens (tertiary/aromatic N) is 1. The van der Waals surface area contributed by atoms with Gasteiger partial charge in [-0.15, -0.1) is 0 Å².